The second-order valence-electron chi connectivity index (χ2n) is 3.88. The van der Waals surface area contributed by atoms with E-state index in [1.165, 1.54) is 11.1 Å². The fraction of sp³-hybridized carbons (Fsp3) is 0.688. The van der Waals surface area contributed by atoms with Gasteiger partial charge in [-0.3, -0.25) is 4.90 Å². The zero-order valence-electron chi connectivity index (χ0n) is 14.4. The third-order valence-electron chi connectivity index (χ3n) is 2.41. The van der Waals surface area contributed by atoms with Crippen molar-refractivity contribution in [1.29, 1.82) is 0 Å². The molecular weight excluding hydrogens is 234 g/mol. The lowest BCUT2D eigenvalue weighted by molar-refractivity contribution is 0.353. The molecule has 0 unspecified atom stereocenters. The molecule has 0 amide bonds. The molecule has 1 aromatic rings. The van der Waals surface area contributed by atoms with Crippen LogP contribution in [0.1, 0.15) is 52.7 Å². The highest BCUT2D eigenvalue weighted by Crippen LogP contribution is 2.23. The first kappa shape index (κ1) is 20.2. The van der Waals surface area contributed by atoms with Gasteiger partial charge in [0.25, 0.3) is 0 Å². The van der Waals surface area contributed by atoms with Crippen LogP contribution in [0.25, 0.3) is 0 Å². The predicted octanol–water partition coefficient (Wildman–Crippen LogP) is 4.17. The largest absolute Gasteiger partial charge is 0.363 e. The number of hydrogen-bond donors (Lipinski definition) is 0. The Kier molecular flexibility index (Phi) is 12.7. The Morgan fingerprint density at radius 3 is 1.89 bits per heavy atom. The maximum absolute atomic E-state index is 4.38. The number of aromatic nitrogens is 1. The minimum Gasteiger partial charge on any atom is -0.363 e. The van der Waals surface area contributed by atoms with Gasteiger partial charge in [-0.15, -0.1) is 0 Å². The molecule has 2 rings (SSSR count). The lowest BCUT2D eigenvalue weighted by atomic mass is 10.2. The number of hydrogen-bond acceptors (Lipinski definition) is 3. The van der Waals surface area contributed by atoms with E-state index in [0.717, 1.165) is 18.9 Å². The lowest BCUT2D eigenvalue weighted by Crippen LogP contribution is -2.10. The Bertz CT molecular complexity index is 322. The number of rotatable bonds is 1. The lowest BCUT2D eigenvalue weighted by Gasteiger charge is -2.11. The zero-order valence-corrected chi connectivity index (χ0v) is 14.4. The molecule has 3 heteroatoms. The summed E-state index contributed by atoms with van der Waals surface area (Å²) in [6, 6.07) is 2.18. The maximum atomic E-state index is 4.38. The summed E-state index contributed by atoms with van der Waals surface area (Å²) in [5.41, 5.74) is 2.79. The number of fused-ring (bicyclic) bond motifs is 1. The summed E-state index contributed by atoms with van der Waals surface area (Å²) in [5.74, 6) is 1.05. The minimum absolute atomic E-state index is 1.04. The fourth-order valence-electron chi connectivity index (χ4n) is 1.68. The first-order chi connectivity index (χ1) is 9.16. The Hall–Kier alpha value is -1.09. The summed E-state index contributed by atoms with van der Waals surface area (Å²) < 4.78 is 0. The van der Waals surface area contributed by atoms with Crippen LogP contribution in [-0.2, 0) is 13.1 Å². The van der Waals surface area contributed by atoms with Crippen LogP contribution in [0.5, 0.6) is 0 Å². The van der Waals surface area contributed by atoms with Crippen molar-refractivity contribution in [2.24, 2.45) is 0 Å². The van der Waals surface area contributed by atoms with Crippen LogP contribution >= 0.6 is 0 Å². The van der Waals surface area contributed by atoms with E-state index in [4.69, 9.17) is 0 Å². The van der Waals surface area contributed by atoms with Gasteiger partial charge in [0, 0.05) is 33.4 Å². The summed E-state index contributed by atoms with van der Waals surface area (Å²) >= 11 is 0. The van der Waals surface area contributed by atoms with Crippen molar-refractivity contribution in [1.82, 2.24) is 9.88 Å². The molecule has 0 N–H and O–H groups in total. The van der Waals surface area contributed by atoms with Gasteiger partial charge < -0.3 is 4.90 Å². The van der Waals surface area contributed by atoms with E-state index >= 15 is 0 Å². The molecule has 0 spiro atoms. The third-order valence-corrected chi connectivity index (χ3v) is 2.41. The van der Waals surface area contributed by atoms with E-state index in [0.29, 0.717) is 0 Å². The topological polar surface area (TPSA) is 19.4 Å². The van der Waals surface area contributed by atoms with Crippen molar-refractivity contribution in [3.63, 3.8) is 0 Å². The third kappa shape index (κ3) is 6.58. The van der Waals surface area contributed by atoms with Crippen molar-refractivity contribution in [2.45, 2.75) is 54.6 Å². The van der Waals surface area contributed by atoms with Gasteiger partial charge in [-0.25, -0.2) is 4.98 Å². The molecule has 2 heterocycles. The molecule has 3 nitrogen and oxygen atoms in total. The molecule has 0 bridgehead atoms. The van der Waals surface area contributed by atoms with Gasteiger partial charge in [-0.1, -0.05) is 41.5 Å². The smallest absolute Gasteiger partial charge is 0.128 e. The normalized spacial score (nSPS) is 11.8. The van der Waals surface area contributed by atoms with Crippen molar-refractivity contribution in [3.05, 3.63) is 23.4 Å². The number of nitrogens with zero attached hydrogens (tertiary/aromatic N) is 3. The van der Waals surface area contributed by atoms with Gasteiger partial charge in [-0.05, 0) is 24.2 Å². The van der Waals surface area contributed by atoms with Gasteiger partial charge in [0.1, 0.15) is 5.82 Å². The summed E-state index contributed by atoms with van der Waals surface area (Å²) in [5, 5.41) is 0. The molecule has 0 fully saturated rings. The molecule has 0 radical (unpaired) electrons. The quantitative estimate of drug-likeness (QED) is 0.761. The van der Waals surface area contributed by atoms with Crippen molar-refractivity contribution in [2.75, 3.05) is 26.0 Å². The number of anilines is 1. The van der Waals surface area contributed by atoms with Crippen LogP contribution in [0, 0.1) is 0 Å². The van der Waals surface area contributed by atoms with E-state index in [9.17, 15) is 0 Å². The first-order valence-corrected chi connectivity index (χ1v) is 7.50. The highest BCUT2D eigenvalue weighted by atomic mass is 15.1. The van der Waals surface area contributed by atoms with Crippen molar-refractivity contribution in [3.8, 4) is 0 Å². The van der Waals surface area contributed by atoms with Crippen LogP contribution in [0.3, 0.4) is 0 Å². The van der Waals surface area contributed by atoms with Crippen LogP contribution in [0.4, 0.5) is 5.82 Å². The standard InChI is InChI=1S/C10H15N3.3C2H6/c1-12(2)10-4-8-6-13(3)7-9(8)5-11-10;3*1-2/h4-5H,6-7H2,1-3H3;3*1-2H3. The molecule has 1 aromatic heterocycles. The van der Waals surface area contributed by atoms with Gasteiger partial charge in [-0.2, -0.15) is 0 Å². The molecule has 0 aromatic carbocycles. The highest BCUT2D eigenvalue weighted by Gasteiger charge is 2.16. The molecule has 19 heavy (non-hydrogen) atoms. The molecule has 0 atom stereocenters. The Balaban J connectivity index is 0. The van der Waals surface area contributed by atoms with E-state index in [1.807, 2.05) is 66.7 Å². The Labute approximate surface area is 120 Å². The van der Waals surface area contributed by atoms with Gasteiger partial charge in [0.05, 0.1) is 0 Å². The Morgan fingerprint density at radius 1 is 0.947 bits per heavy atom. The zero-order chi connectivity index (χ0) is 15.4. The average Bonchev–Trinajstić information content (AvgIpc) is 2.84. The molecule has 0 saturated heterocycles. The van der Waals surface area contributed by atoms with E-state index in [-0.39, 0.29) is 0 Å². The second kappa shape index (κ2) is 12.0. The molecule has 0 aliphatic carbocycles. The van der Waals surface area contributed by atoms with Crippen LogP contribution in [-0.4, -0.2) is 31.0 Å². The van der Waals surface area contributed by atoms with Gasteiger partial charge in [0.15, 0.2) is 0 Å². The summed E-state index contributed by atoms with van der Waals surface area (Å²) in [6.07, 6.45) is 1.99. The molecule has 0 saturated carbocycles. The van der Waals surface area contributed by atoms with Gasteiger partial charge in [0.2, 0.25) is 0 Å². The van der Waals surface area contributed by atoms with Gasteiger partial charge >= 0.3 is 0 Å². The van der Waals surface area contributed by atoms with E-state index < -0.39 is 0 Å². The minimum atomic E-state index is 1.04. The van der Waals surface area contributed by atoms with Crippen molar-refractivity contribution >= 4 is 5.82 Å². The van der Waals surface area contributed by atoms with Crippen LogP contribution in [0.2, 0.25) is 0 Å². The number of pyridine rings is 1. The summed E-state index contributed by atoms with van der Waals surface area (Å²) in [6.45, 7) is 14.1. The highest BCUT2D eigenvalue weighted by molar-refractivity contribution is 5.43. The van der Waals surface area contributed by atoms with E-state index in [2.05, 4.69) is 23.0 Å². The summed E-state index contributed by atoms with van der Waals surface area (Å²) in [7, 11) is 6.18. The monoisotopic (exact) mass is 267 g/mol. The second-order valence-corrected chi connectivity index (χ2v) is 3.88. The van der Waals surface area contributed by atoms with Crippen LogP contribution in [0.15, 0.2) is 12.3 Å². The first-order valence-electron chi connectivity index (χ1n) is 7.50. The molecular formula is C16H33N3. The SMILES string of the molecule is CC.CC.CC.CN1Cc2cnc(N(C)C)cc2C1. The fourth-order valence-corrected chi connectivity index (χ4v) is 1.68. The predicted molar refractivity (Wildman–Crippen MR) is 87.8 cm³/mol. The average molecular weight is 267 g/mol. The van der Waals surface area contributed by atoms with Crippen molar-refractivity contribution < 1.29 is 0 Å². The Morgan fingerprint density at radius 2 is 1.42 bits per heavy atom. The molecule has 112 valence electrons. The summed E-state index contributed by atoms with van der Waals surface area (Å²) in [4.78, 5) is 8.72. The van der Waals surface area contributed by atoms with E-state index in [1.54, 1.807) is 0 Å². The van der Waals surface area contributed by atoms with Crippen LogP contribution < -0.4 is 4.90 Å². The molecule has 1 aliphatic rings. The molecule has 1 aliphatic heterocycles. The maximum Gasteiger partial charge on any atom is 0.128 e.